The van der Waals surface area contributed by atoms with Crippen LogP contribution in [0.5, 0.6) is 11.5 Å². The van der Waals surface area contributed by atoms with Gasteiger partial charge in [-0.1, -0.05) is 6.07 Å². The maximum Gasteiger partial charge on any atom is 0.341 e. The Morgan fingerprint density at radius 3 is 2.86 bits per heavy atom. The molecule has 0 saturated heterocycles. The molecule has 0 aromatic heterocycles. The van der Waals surface area contributed by atoms with E-state index in [0.717, 1.165) is 0 Å². The van der Waals surface area contributed by atoms with Crippen molar-refractivity contribution in [3.8, 4) is 11.5 Å². The van der Waals surface area contributed by atoms with Gasteiger partial charge < -0.3 is 14.6 Å². The minimum absolute atomic E-state index is 0.0786. The van der Waals surface area contributed by atoms with Gasteiger partial charge >= 0.3 is 5.97 Å². The average molecular weight is 200 g/mol. The lowest BCUT2D eigenvalue weighted by Gasteiger charge is -2.08. The lowest BCUT2D eigenvalue weighted by Crippen LogP contribution is -2.10. The number of aliphatic carboxylic acids is 1. The summed E-state index contributed by atoms with van der Waals surface area (Å²) in [6, 6.07) is 4.05. The molecule has 0 aliphatic carbocycles. The number of carboxylic acids is 1. The van der Waals surface area contributed by atoms with E-state index >= 15 is 0 Å². The fourth-order valence-electron chi connectivity index (χ4n) is 0.940. The summed E-state index contributed by atoms with van der Waals surface area (Å²) in [4.78, 5) is 10.2. The molecule has 0 radical (unpaired) electrons. The number of benzene rings is 1. The van der Waals surface area contributed by atoms with Crippen LogP contribution in [0.15, 0.2) is 18.2 Å². The number of para-hydroxylation sites is 1. The maximum atomic E-state index is 13.0. The van der Waals surface area contributed by atoms with Crippen molar-refractivity contribution in [3.05, 3.63) is 24.0 Å². The van der Waals surface area contributed by atoms with Crippen molar-refractivity contribution in [2.24, 2.45) is 0 Å². The molecule has 5 heteroatoms. The molecule has 0 fully saturated rings. The highest BCUT2D eigenvalue weighted by Gasteiger charge is 2.10. The maximum absolute atomic E-state index is 13.0. The highest BCUT2D eigenvalue weighted by molar-refractivity contribution is 5.68. The zero-order valence-electron chi connectivity index (χ0n) is 7.49. The molecule has 0 spiro atoms. The number of halogens is 1. The minimum Gasteiger partial charge on any atom is -0.490 e. The average Bonchev–Trinajstić information content (AvgIpc) is 2.14. The number of hydrogen-bond acceptors (Lipinski definition) is 3. The summed E-state index contributed by atoms with van der Waals surface area (Å²) in [6.45, 7) is -0.528. The van der Waals surface area contributed by atoms with Crippen LogP contribution in [0.2, 0.25) is 0 Å². The molecule has 76 valence electrons. The van der Waals surface area contributed by atoms with Crippen molar-refractivity contribution < 1.29 is 23.8 Å². The van der Waals surface area contributed by atoms with Crippen LogP contribution >= 0.6 is 0 Å². The van der Waals surface area contributed by atoms with E-state index in [2.05, 4.69) is 0 Å². The van der Waals surface area contributed by atoms with Gasteiger partial charge in [0.1, 0.15) is 0 Å². The first-order valence-electron chi connectivity index (χ1n) is 3.82. The van der Waals surface area contributed by atoms with Crippen molar-refractivity contribution in [1.82, 2.24) is 0 Å². The third-order valence-electron chi connectivity index (χ3n) is 1.49. The Bertz CT molecular complexity index is 338. The van der Waals surface area contributed by atoms with Gasteiger partial charge in [0.05, 0.1) is 7.11 Å². The summed E-state index contributed by atoms with van der Waals surface area (Å²) in [5.74, 6) is -1.73. The van der Waals surface area contributed by atoms with Gasteiger partial charge in [-0.3, -0.25) is 0 Å². The van der Waals surface area contributed by atoms with E-state index in [1.807, 2.05) is 0 Å². The zero-order chi connectivity index (χ0) is 10.6. The van der Waals surface area contributed by atoms with E-state index in [0.29, 0.717) is 0 Å². The number of carbonyl (C=O) groups is 1. The Labute approximate surface area is 79.9 Å². The molecule has 1 rings (SSSR count). The Morgan fingerprint density at radius 1 is 1.57 bits per heavy atom. The van der Waals surface area contributed by atoms with E-state index < -0.39 is 18.4 Å². The van der Waals surface area contributed by atoms with Crippen LogP contribution in [0.4, 0.5) is 4.39 Å². The molecule has 0 unspecified atom stereocenters. The minimum atomic E-state index is -1.13. The van der Waals surface area contributed by atoms with E-state index in [1.165, 1.54) is 25.3 Å². The molecule has 0 amide bonds. The second kappa shape index (κ2) is 4.45. The predicted octanol–water partition coefficient (Wildman–Crippen LogP) is 1.30. The van der Waals surface area contributed by atoms with Crippen LogP contribution in [0.1, 0.15) is 0 Å². The number of hydrogen-bond donors (Lipinski definition) is 1. The molecule has 0 heterocycles. The van der Waals surface area contributed by atoms with E-state index in [1.54, 1.807) is 0 Å². The van der Waals surface area contributed by atoms with Gasteiger partial charge in [-0.2, -0.15) is 0 Å². The molecule has 0 saturated carbocycles. The summed E-state index contributed by atoms with van der Waals surface area (Å²) in [6.07, 6.45) is 0. The predicted molar refractivity (Wildman–Crippen MR) is 46.1 cm³/mol. The topological polar surface area (TPSA) is 55.8 Å². The molecule has 1 aromatic rings. The monoisotopic (exact) mass is 200 g/mol. The molecule has 1 N–H and O–H groups in total. The molecule has 0 aliphatic rings. The first-order valence-corrected chi connectivity index (χ1v) is 3.82. The van der Waals surface area contributed by atoms with E-state index in [9.17, 15) is 9.18 Å². The van der Waals surface area contributed by atoms with Crippen molar-refractivity contribution >= 4 is 5.97 Å². The SMILES string of the molecule is COc1c(F)cccc1OCC(=O)O. The van der Waals surface area contributed by atoms with Gasteiger partial charge in [0, 0.05) is 0 Å². The van der Waals surface area contributed by atoms with Crippen LogP contribution in [0.3, 0.4) is 0 Å². The smallest absolute Gasteiger partial charge is 0.341 e. The summed E-state index contributed by atoms with van der Waals surface area (Å²) < 4.78 is 22.5. The molecular weight excluding hydrogens is 191 g/mol. The van der Waals surface area contributed by atoms with E-state index in [4.69, 9.17) is 14.6 Å². The summed E-state index contributed by atoms with van der Waals surface area (Å²) in [7, 11) is 1.28. The lowest BCUT2D eigenvalue weighted by molar-refractivity contribution is -0.139. The Morgan fingerprint density at radius 2 is 2.29 bits per heavy atom. The molecule has 1 aromatic carbocycles. The fourth-order valence-corrected chi connectivity index (χ4v) is 0.940. The highest BCUT2D eigenvalue weighted by atomic mass is 19.1. The van der Waals surface area contributed by atoms with Crippen LogP contribution in [0.25, 0.3) is 0 Å². The van der Waals surface area contributed by atoms with Crippen LogP contribution in [-0.4, -0.2) is 24.8 Å². The second-order valence-electron chi connectivity index (χ2n) is 2.45. The van der Waals surface area contributed by atoms with Crippen LogP contribution in [0, 0.1) is 5.82 Å². The third kappa shape index (κ3) is 2.35. The first kappa shape index (κ1) is 10.3. The number of carboxylic acid groups (broad SMARTS) is 1. The van der Waals surface area contributed by atoms with Gasteiger partial charge in [-0.15, -0.1) is 0 Å². The standard InChI is InChI=1S/C9H9FO4/c1-13-9-6(10)3-2-4-7(9)14-5-8(11)12/h2-4H,5H2,1H3,(H,11,12). The second-order valence-corrected chi connectivity index (χ2v) is 2.45. The number of rotatable bonds is 4. The lowest BCUT2D eigenvalue weighted by atomic mass is 10.3. The summed E-state index contributed by atoms with van der Waals surface area (Å²) in [5.41, 5.74) is 0. The molecular formula is C9H9FO4. The van der Waals surface area contributed by atoms with Crippen molar-refractivity contribution in [3.63, 3.8) is 0 Å². The third-order valence-corrected chi connectivity index (χ3v) is 1.49. The van der Waals surface area contributed by atoms with Crippen molar-refractivity contribution in [1.29, 1.82) is 0 Å². The van der Waals surface area contributed by atoms with Gasteiger partial charge in [0.25, 0.3) is 0 Å². The molecule has 0 aliphatic heterocycles. The molecule has 14 heavy (non-hydrogen) atoms. The molecule has 0 bridgehead atoms. The van der Waals surface area contributed by atoms with Gasteiger partial charge in [0.15, 0.2) is 23.9 Å². The first-order chi connectivity index (χ1) is 6.65. The summed E-state index contributed by atoms with van der Waals surface area (Å²) in [5, 5.41) is 8.35. The molecule has 4 nitrogen and oxygen atoms in total. The Balaban J connectivity index is 2.85. The fraction of sp³-hybridized carbons (Fsp3) is 0.222. The van der Waals surface area contributed by atoms with Crippen molar-refractivity contribution in [2.75, 3.05) is 13.7 Å². The van der Waals surface area contributed by atoms with E-state index in [-0.39, 0.29) is 11.5 Å². The van der Waals surface area contributed by atoms with Crippen molar-refractivity contribution in [2.45, 2.75) is 0 Å². The zero-order valence-corrected chi connectivity index (χ0v) is 7.49. The van der Waals surface area contributed by atoms with Crippen LogP contribution in [-0.2, 0) is 4.79 Å². The quantitative estimate of drug-likeness (QED) is 0.795. The van der Waals surface area contributed by atoms with Gasteiger partial charge in [0.2, 0.25) is 0 Å². The Kier molecular flexibility index (Phi) is 3.28. The highest BCUT2D eigenvalue weighted by Crippen LogP contribution is 2.29. The van der Waals surface area contributed by atoms with Gasteiger partial charge in [-0.05, 0) is 12.1 Å². The normalized spacial score (nSPS) is 9.57. The van der Waals surface area contributed by atoms with Crippen LogP contribution < -0.4 is 9.47 Å². The number of methoxy groups -OCH3 is 1. The Hall–Kier alpha value is -1.78. The van der Waals surface area contributed by atoms with Gasteiger partial charge in [-0.25, -0.2) is 9.18 Å². The largest absolute Gasteiger partial charge is 0.490 e. The number of ether oxygens (including phenoxy) is 2. The molecule has 0 atom stereocenters. The summed E-state index contributed by atoms with van der Waals surface area (Å²) >= 11 is 0.